The maximum atomic E-state index is 14.6. The van der Waals surface area contributed by atoms with Crippen LogP contribution in [0, 0.1) is 15.9 Å². The number of fused-ring (bicyclic) bond motifs is 1. The summed E-state index contributed by atoms with van der Waals surface area (Å²) in [5, 5.41) is 11.3. The molecule has 2 aromatic heterocycles. The second-order valence-corrected chi connectivity index (χ2v) is 7.52. The molecule has 1 fully saturated rings. The van der Waals surface area contributed by atoms with E-state index in [1.165, 1.54) is 30.4 Å². The van der Waals surface area contributed by atoms with Gasteiger partial charge in [0.2, 0.25) is 0 Å². The lowest BCUT2D eigenvalue weighted by molar-refractivity contribution is -0.402. The molecule has 0 bridgehead atoms. The molecule has 0 radical (unpaired) electrons. The van der Waals surface area contributed by atoms with Gasteiger partial charge < -0.3 is 9.15 Å². The molecular weight excluding hydrogens is 427 g/mol. The minimum Gasteiger partial charge on any atom is -0.401 e. The van der Waals surface area contributed by atoms with Crippen LogP contribution in [-0.2, 0) is 11.2 Å². The highest BCUT2D eigenvalue weighted by Crippen LogP contribution is 2.25. The second-order valence-electron chi connectivity index (χ2n) is 7.16. The topological polar surface area (TPSA) is 94.5 Å². The molecule has 31 heavy (non-hydrogen) atoms. The van der Waals surface area contributed by atoms with Gasteiger partial charge in [-0.25, -0.2) is 14.4 Å². The highest BCUT2D eigenvalue weighted by molar-refractivity contribution is 6.34. The van der Waals surface area contributed by atoms with Crippen LogP contribution in [0.3, 0.4) is 0 Å². The van der Waals surface area contributed by atoms with Crippen molar-refractivity contribution in [3.8, 4) is 0 Å². The highest BCUT2D eigenvalue weighted by atomic mass is 35.5. The quantitative estimate of drug-likeness (QED) is 0.302. The number of nitro groups is 1. The van der Waals surface area contributed by atoms with Crippen molar-refractivity contribution < 1.29 is 18.5 Å². The number of aromatic nitrogens is 2. The lowest BCUT2D eigenvalue weighted by Gasteiger charge is -2.26. The maximum absolute atomic E-state index is 14.6. The van der Waals surface area contributed by atoms with Gasteiger partial charge in [0.15, 0.2) is 5.82 Å². The summed E-state index contributed by atoms with van der Waals surface area (Å²) in [5.74, 6) is -0.0997. The third-order valence-electron chi connectivity index (χ3n) is 5.05. The second kappa shape index (κ2) is 9.51. The van der Waals surface area contributed by atoms with Crippen LogP contribution in [0.4, 0.5) is 10.3 Å². The number of morpholine rings is 1. The predicted molar refractivity (Wildman–Crippen MR) is 114 cm³/mol. The number of ether oxygens (including phenoxy) is 1. The highest BCUT2D eigenvalue weighted by Gasteiger charge is 2.14. The molecule has 162 valence electrons. The molecule has 0 unspecified atom stereocenters. The Bertz CT molecular complexity index is 1130. The molecule has 1 saturated heterocycles. The summed E-state index contributed by atoms with van der Waals surface area (Å²) in [6, 6.07) is 5.80. The number of aryl methyl sites for hydroxylation is 1. The Morgan fingerprint density at radius 3 is 2.77 bits per heavy atom. The molecule has 8 nitrogen and oxygen atoms in total. The summed E-state index contributed by atoms with van der Waals surface area (Å²) in [6.07, 6.45) is 4.46. The lowest BCUT2D eigenvalue weighted by Crippen LogP contribution is -2.36. The van der Waals surface area contributed by atoms with Crippen molar-refractivity contribution in [3.63, 3.8) is 0 Å². The van der Waals surface area contributed by atoms with Crippen molar-refractivity contribution in [2.24, 2.45) is 0 Å². The van der Waals surface area contributed by atoms with Gasteiger partial charge in [0.25, 0.3) is 0 Å². The number of hydrogen-bond donors (Lipinski definition) is 0. The predicted octanol–water partition coefficient (Wildman–Crippen LogP) is 4.36. The molecule has 0 aliphatic carbocycles. The number of halogens is 2. The summed E-state index contributed by atoms with van der Waals surface area (Å²) in [6.45, 7) is 4.16. The Labute approximate surface area is 182 Å². The van der Waals surface area contributed by atoms with Crippen molar-refractivity contribution >= 4 is 40.5 Å². The monoisotopic (exact) mass is 446 g/mol. The van der Waals surface area contributed by atoms with Gasteiger partial charge in [-0.15, -0.1) is 0 Å². The first-order chi connectivity index (χ1) is 15.0. The maximum Gasteiger partial charge on any atom is 0.433 e. The van der Waals surface area contributed by atoms with Crippen LogP contribution in [0.15, 0.2) is 28.7 Å². The average Bonchev–Trinajstić information content (AvgIpc) is 3.24. The van der Waals surface area contributed by atoms with Crippen LogP contribution >= 0.6 is 11.6 Å². The summed E-state index contributed by atoms with van der Waals surface area (Å²) < 4.78 is 25.0. The molecule has 3 heterocycles. The van der Waals surface area contributed by atoms with Crippen molar-refractivity contribution in [1.82, 2.24) is 14.9 Å². The van der Waals surface area contributed by atoms with E-state index in [0.29, 0.717) is 28.7 Å². The molecule has 0 atom stereocenters. The first kappa shape index (κ1) is 21.4. The van der Waals surface area contributed by atoms with Crippen LogP contribution in [0.25, 0.3) is 23.1 Å². The lowest BCUT2D eigenvalue weighted by atomic mass is 10.1. The van der Waals surface area contributed by atoms with Crippen LogP contribution < -0.4 is 0 Å². The molecule has 4 rings (SSSR count). The third-order valence-corrected chi connectivity index (χ3v) is 5.34. The number of hydrogen-bond acceptors (Lipinski definition) is 7. The van der Waals surface area contributed by atoms with Crippen molar-refractivity contribution in [2.75, 3.05) is 32.8 Å². The van der Waals surface area contributed by atoms with E-state index in [0.717, 1.165) is 39.3 Å². The summed E-state index contributed by atoms with van der Waals surface area (Å²) in [5.41, 5.74) is 1.11. The van der Waals surface area contributed by atoms with Crippen LogP contribution in [0.2, 0.25) is 5.15 Å². The Hall–Kier alpha value is -2.88. The average molecular weight is 447 g/mol. The third kappa shape index (κ3) is 5.25. The molecule has 0 amide bonds. The summed E-state index contributed by atoms with van der Waals surface area (Å²) >= 11 is 6.24. The van der Waals surface area contributed by atoms with Gasteiger partial charge in [-0.2, -0.15) is 0 Å². The molecule has 1 aliphatic rings. The van der Waals surface area contributed by atoms with Gasteiger partial charge in [-0.05, 0) is 55.3 Å². The summed E-state index contributed by atoms with van der Waals surface area (Å²) in [7, 11) is 0. The normalized spacial score (nSPS) is 15.2. The Morgan fingerprint density at radius 1 is 1.23 bits per heavy atom. The molecule has 0 spiro atoms. The first-order valence-electron chi connectivity index (χ1n) is 9.88. The van der Waals surface area contributed by atoms with E-state index in [9.17, 15) is 14.5 Å². The molecule has 10 heteroatoms. The van der Waals surface area contributed by atoms with Crippen LogP contribution in [-0.4, -0.2) is 52.6 Å². The molecule has 0 saturated carbocycles. The van der Waals surface area contributed by atoms with E-state index >= 15 is 0 Å². The molecular formula is C21H20ClFN4O4. The van der Waals surface area contributed by atoms with E-state index < -0.39 is 4.92 Å². The molecule has 1 aliphatic heterocycles. The Morgan fingerprint density at radius 2 is 2.03 bits per heavy atom. The number of furan rings is 1. The molecule has 0 N–H and O–H groups in total. The zero-order valence-electron chi connectivity index (χ0n) is 16.6. The van der Waals surface area contributed by atoms with E-state index in [1.807, 2.05) is 0 Å². The number of benzene rings is 1. The van der Waals surface area contributed by atoms with E-state index in [4.69, 9.17) is 20.8 Å². The SMILES string of the molecule is O=[N+]([O-])c1ccc(C=Cc2nc(Cl)c3cc(F)c(CCCN4CCOCC4)cc3n2)o1. The minimum atomic E-state index is -0.615. The van der Waals surface area contributed by atoms with E-state index in [-0.39, 0.29) is 22.6 Å². The summed E-state index contributed by atoms with van der Waals surface area (Å²) in [4.78, 5) is 21.0. The fourth-order valence-corrected chi connectivity index (χ4v) is 3.68. The van der Waals surface area contributed by atoms with Gasteiger partial charge in [0.05, 0.1) is 24.8 Å². The van der Waals surface area contributed by atoms with Gasteiger partial charge in [0, 0.05) is 18.5 Å². The van der Waals surface area contributed by atoms with Crippen molar-refractivity contribution in [2.45, 2.75) is 12.8 Å². The Balaban J connectivity index is 1.51. The van der Waals surface area contributed by atoms with Gasteiger partial charge in [-0.3, -0.25) is 15.0 Å². The smallest absolute Gasteiger partial charge is 0.401 e. The molecule has 3 aromatic rings. The minimum absolute atomic E-state index is 0.133. The standard InChI is InChI=1S/C21H20ClFN4O4/c22-21-16-13-17(23)14(2-1-7-26-8-10-30-11-9-26)12-18(16)24-19(25-21)5-3-15-4-6-20(31-15)27(28)29/h3-6,12-13H,1-2,7-11H2. The van der Waals surface area contributed by atoms with Crippen molar-refractivity contribution in [1.29, 1.82) is 0 Å². The fourth-order valence-electron chi connectivity index (χ4n) is 3.44. The van der Waals surface area contributed by atoms with Gasteiger partial charge >= 0.3 is 5.88 Å². The zero-order chi connectivity index (χ0) is 21.8. The van der Waals surface area contributed by atoms with Crippen molar-refractivity contribution in [3.05, 3.63) is 62.5 Å². The number of nitrogens with zero attached hydrogens (tertiary/aromatic N) is 4. The largest absolute Gasteiger partial charge is 0.433 e. The van der Waals surface area contributed by atoms with Gasteiger partial charge in [-0.1, -0.05) is 11.6 Å². The van der Waals surface area contributed by atoms with E-state index in [1.54, 1.807) is 6.07 Å². The Kier molecular flexibility index (Phi) is 6.55. The number of rotatable bonds is 7. The van der Waals surface area contributed by atoms with Crippen LogP contribution in [0.5, 0.6) is 0 Å². The molecule has 1 aromatic carbocycles. The first-order valence-corrected chi connectivity index (χ1v) is 10.3. The van der Waals surface area contributed by atoms with E-state index in [2.05, 4.69) is 14.9 Å². The van der Waals surface area contributed by atoms with Gasteiger partial charge in [0.1, 0.15) is 21.7 Å². The van der Waals surface area contributed by atoms with Crippen LogP contribution in [0.1, 0.15) is 23.6 Å². The fraction of sp³-hybridized carbons (Fsp3) is 0.333. The zero-order valence-corrected chi connectivity index (χ0v) is 17.3.